The zero-order valence-electron chi connectivity index (χ0n) is 2.14. The molecule has 0 aliphatic heterocycles. The first kappa shape index (κ1) is 33.2. The van der Waals surface area contributed by atoms with Gasteiger partial charge in [-0.1, -0.05) is 0 Å². The van der Waals surface area contributed by atoms with Crippen molar-refractivity contribution in [3.05, 3.63) is 0 Å². The van der Waals surface area contributed by atoms with E-state index in [2.05, 4.69) is 0 Å². The molecular formula is H2GdMgYZnZr. The fraction of sp³-hybridized carbons (Fsp3) is 0. The molecule has 0 fully saturated rings. The van der Waals surface area contributed by atoms with Crippen LogP contribution in [-0.2, 0) is 78.4 Å². The zero-order chi connectivity index (χ0) is 0. The third-order valence-corrected chi connectivity index (χ3v) is 0. The second-order valence-electron chi connectivity index (χ2n) is 0. The van der Waals surface area contributed by atoms with E-state index in [1.807, 2.05) is 0 Å². The summed E-state index contributed by atoms with van der Waals surface area (Å²) in [6.07, 6.45) is 0. The molecule has 5 heteroatoms. The molecule has 0 aromatic heterocycles. The first-order valence-corrected chi connectivity index (χ1v) is 0. The van der Waals surface area contributed by atoms with E-state index in [0.717, 1.165) is 0 Å². The van der Waals surface area contributed by atoms with Gasteiger partial charge in [-0.3, -0.25) is 0 Å². The fourth-order valence-electron chi connectivity index (χ4n) is 0. The van der Waals surface area contributed by atoms with Gasteiger partial charge in [-0.2, -0.15) is 0 Å². The van der Waals surface area contributed by atoms with Crippen molar-refractivity contribution in [1.82, 2.24) is 0 Å². The number of hydrogen-bond acceptors (Lipinski definition) is 0. The van der Waals surface area contributed by atoms with Gasteiger partial charge in [0.25, 0.3) is 0 Å². The van der Waals surface area contributed by atoms with Gasteiger partial charge < -0.3 is 0 Å². The standard InChI is InChI=1S/Gd.Mg.Y.Zn.Zr.2H. The molecular weight excluding hydrogens is 427 g/mol. The maximum atomic E-state index is 0. The Bertz CT molecular complexity index is 11.6. The molecule has 0 aromatic rings. The Morgan fingerprint density at radius 2 is 1.00 bits per heavy atom. The minimum atomic E-state index is 0. The molecule has 0 atom stereocenters. The average Bonchev–Trinajstić information content (AvgIpc) is 0. The van der Waals surface area contributed by atoms with Crippen molar-refractivity contribution >= 4 is 23.1 Å². The molecule has 0 aliphatic rings. The van der Waals surface area contributed by atoms with Crippen LogP contribution < -0.4 is 0 Å². The van der Waals surface area contributed by atoms with Gasteiger partial charge in [0.2, 0.25) is 0 Å². The molecule has 0 aliphatic carbocycles. The van der Waals surface area contributed by atoms with E-state index < -0.39 is 0 Å². The van der Waals surface area contributed by atoms with Crippen molar-refractivity contribution in [1.29, 1.82) is 0 Å². The summed E-state index contributed by atoms with van der Waals surface area (Å²) in [7, 11) is 0. The topological polar surface area (TPSA) is 0 Å². The largest absolute Gasteiger partial charge is 0.316 e. The smallest absolute Gasteiger partial charge is 0 e. The van der Waals surface area contributed by atoms with Crippen molar-refractivity contribution in [3.8, 4) is 0 Å². The molecule has 1 radical (unpaired) electrons. The summed E-state index contributed by atoms with van der Waals surface area (Å²) < 4.78 is 0. The Morgan fingerprint density at radius 3 is 1.00 bits per heavy atom. The molecule has 0 aromatic carbocycles. The first-order valence-electron chi connectivity index (χ1n) is 0. The van der Waals surface area contributed by atoms with Gasteiger partial charge in [-0.05, 0) is 0 Å². The molecule has 0 heterocycles. The van der Waals surface area contributed by atoms with Gasteiger partial charge in [-0.25, -0.2) is 0 Å². The fourth-order valence-corrected chi connectivity index (χ4v) is 0. The molecule has 0 rings (SSSR count). The Morgan fingerprint density at radius 1 is 1.00 bits per heavy atom. The molecule has 0 N–H and O–H groups in total. The summed E-state index contributed by atoms with van der Waals surface area (Å²) in [5.74, 6) is 0. The van der Waals surface area contributed by atoms with Crippen LogP contribution in [-0.4, -0.2) is 23.1 Å². The Labute approximate surface area is 137 Å². The van der Waals surface area contributed by atoms with Gasteiger partial charge in [0.1, 0.15) is 0 Å². The second kappa shape index (κ2) is 23.3. The van der Waals surface area contributed by atoms with E-state index in [4.69, 9.17) is 0 Å². The first-order chi connectivity index (χ1) is 0. The van der Waals surface area contributed by atoms with Crippen LogP contribution in [0.4, 0.5) is 0 Å². The third kappa shape index (κ3) is 17.7. The van der Waals surface area contributed by atoms with Crippen LogP contribution >= 0.6 is 0 Å². The maximum absolute atomic E-state index is 0. The molecule has 0 amide bonds. The van der Waals surface area contributed by atoms with E-state index in [1.54, 1.807) is 0 Å². The predicted molar refractivity (Wildman–Crippen MR) is 8.54 cm³/mol. The third-order valence-electron chi connectivity index (χ3n) is 0. The van der Waals surface area contributed by atoms with Crippen LogP contribution in [0.2, 0.25) is 0 Å². The SMILES string of the molecule is [Gd].[MgH2].[Y].[Zn].[Zr]. The van der Waals surface area contributed by atoms with Crippen molar-refractivity contribution in [2.24, 2.45) is 0 Å². The van der Waals surface area contributed by atoms with Gasteiger partial charge in [0, 0.05) is 118 Å². The van der Waals surface area contributed by atoms with E-state index >= 15 is 0 Å². The molecule has 0 unspecified atom stereocenters. The summed E-state index contributed by atoms with van der Waals surface area (Å²) in [5.41, 5.74) is 0. The van der Waals surface area contributed by atoms with Crippen molar-refractivity contribution in [2.45, 2.75) is 0 Å². The quantitative estimate of drug-likeness (QED) is 0.438. The molecule has 0 bridgehead atoms. The van der Waals surface area contributed by atoms with Crippen LogP contribution in [0.1, 0.15) is 0 Å². The van der Waals surface area contributed by atoms with Crippen LogP contribution in [0.15, 0.2) is 0 Å². The molecule has 0 spiro atoms. The van der Waals surface area contributed by atoms with Gasteiger partial charge >= 0.3 is 23.1 Å². The second-order valence-corrected chi connectivity index (χ2v) is 0. The van der Waals surface area contributed by atoms with Gasteiger partial charge in [0.15, 0.2) is 0 Å². The molecule has 0 saturated heterocycles. The monoisotopic (exact) mass is 427 g/mol. The molecule has 21 valence electrons. The Kier molecular flexibility index (Phi) is 155. The predicted octanol–water partition coefficient (Wildman–Crippen LogP) is -0.924. The number of hydrogen-bond donors (Lipinski definition) is 0. The molecule has 0 saturated carbocycles. The van der Waals surface area contributed by atoms with Crippen molar-refractivity contribution < 1.29 is 118 Å². The van der Waals surface area contributed by atoms with E-state index in [1.165, 1.54) is 0 Å². The normalized spacial score (nSPS) is 0. The van der Waals surface area contributed by atoms with Crippen LogP contribution in [0.3, 0.4) is 0 Å². The maximum Gasteiger partial charge on any atom is 0.316 e. The van der Waals surface area contributed by atoms with E-state index in [-0.39, 0.29) is 141 Å². The van der Waals surface area contributed by atoms with Crippen LogP contribution in [0.25, 0.3) is 0 Å². The van der Waals surface area contributed by atoms with Gasteiger partial charge in [0.05, 0.1) is 0 Å². The van der Waals surface area contributed by atoms with Crippen molar-refractivity contribution in [2.75, 3.05) is 0 Å². The van der Waals surface area contributed by atoms with E-state index in [0.29, 0.717) is 0 Å². The molecule has 5 heavy (non-hydrogen) atoms. The average molecular weight is 429 g/mol. The summed E-state index contributed by atoms with van der Waals surface area (Å²) in [6.45, 7) is 0. The Balaban J connectivity index is 0. The van der Waals surface area contributed by atoms with Gasteiger partial charge in [-0.15, -0.1) is 0 Å². The minimum absolute atomic E-state index is 0. The molecule has 0 nitrogen and oxygen atoms in total. The van der Waals surface area contributed by atoms with Crippen molar-refractivity contribution in [3.63, 3.8) is 0 Å². The summed E-state index contributed by atoms with van der Waals surface area (Å²) in [6, 6.07) is 0. The Hall–Kier alpha value is 4.70. The van der Waals surface area contributed by atoms with E-state index in [9.17, 15) is 0 Å². The number of rotatable bonds is 0. The van der Waals surface area contributed by atoms with Crippen LogP contribution in [0, 0.1) is 39.9 Å². The summed E-state index contributed by atoms with van der Waals surface area (Å²) >= 11 is 0. The zero-order valence-corrected chi connectivity index (χ0v) is 12.7. The minimum Gasteiger partial charge on any atom is 0 e. The summed E-state index contributed by atoms with van der Waals surface area (Å²) in [5, 5.41) is 0. The van der Waals surface area contributed by atoms with Crippen LogP contribution in [0.5, 0.6) is 0 Å². The summed E-state index contributed by atoms with van der Waals surface area (Å²) in [4.78, 5) is 0.